The molecule has 0 aliphatic heterocycles. The lowest BCUT2D eigenvalue weighted by Gasteiger charge is -2.05. The Bertz CT molecular complexity index is 832. The minimum absolute atomic E-state index is 0.311. The molecule has 0 radical (unpaired) electrons. The van der Waals surface area contributed by atoms with Crippen molar-refractivity contribution in [1.82, 2.24) is 9.78 Å². The number of phenols is 1. The quantitative estimate of drug-likeness (QED) is 0.717. The van der Waals surface area contributed by atoms with Crippen molar-refractivity contribution in [3.8, 4) is 5.75 Å². The maximum absolute atomic E-state index is 10.1. The van der Waals surface area contributed by atoms with Crippen molar-refractivity contribution >= 4 is 32.9 Å². The van der Waals surface area contributed by atoms with Crippen LogP contribution in [0, 0.1) is 6.92 Å². The van der Waals surface area contributed by atoms with Gasteiger partial charge in [-0.3, -0.25) is 0 Å². The Morgan fingerprint density at radius 3 is 2.81 bits per heavy atom. The summed E-state index contributed by atoms with van der Waals surface area (Å²) in [5, 5.41) is 23.8. The van der Waals surface area contributed by atoms with Gasteiger partial charge in [-0.15, -0.1) is 21.6 Å². The first-order valence-electron chi connectivity index (χ1n) is 6.75. The summed E-state index contributed by atoms with van der Waals surface area (Å²) in [7, 11) is 1.83. The van der Waals surface area contributed by atoms with Crippen LogP contribution in [0.4, 0.5) is 11.5 Å². The fourth-order valence-corrected chi connectivity index (χ4v) is 3.32. The second-order valence-corrected chi connectivity index (χ2v) is 6.13. The first-order valence-corrected chi connectivity index (χ1v) is 7.56. The number of azo groups is 1. The van der Waals surface area contributed by atoms with Crippen molar-refractivity contribution in [1.29, 1.82) is 0 Å². The lowest BCUT2D eigenvalue weighted by atomic mass is 10.1. The van der Waals surface area contributed by atoms with E-state index in [1.807, 2.05) is 33.0 Å². The lowest BCUT2D eigenvalue weighted by molar-refractivity contribution is 0.481. The molecule has 3 rings (SSSR count). The standard InChI is InChI=1S/C15H16N4OS/c1-4-10-8-12(20)11-7-9(2)21-15(11)14(10)18-17-13-5-6-16-19(13)3/h5-8,20H,4H2,1-3H3/b18-17+. The zero-order chi connectivity index (χ0) is 15.0. The van der Waals surface area contributed by atoms with Crippen LogP contribution in [0.1, 0.15) is 17.4 Å². The van der Waals surface area contributed by atoms with E-state index >= 15 is 0 Å². The number of benzene rings is 1. The van der Waals surface area contributed by atoms with Crippen LogP contribution < -0.4 is 0 Å². The average Bonchev–Trinajstić information content (AvgIpc) is 3.04. The number of hydrogen-bond donors (Lipinski definition) is 1. The molecule has 0 aliphatic carbocycles. The number of hydrogen-bond acceptors (Lipinski definition) is 5. The largest absolute Gasteiger partial charge is 0.507 e. The highest BCUT2D eigenvalue weighted by atomic mass is 32.1. The number of aryl methyl sites for hydroxylation is 3. The number of nitrogens with zero attached hydrogens (tertiary/aromatic N) is 4. The predicted molar refractivity (Wildman–Crippen MR) is 85.0 cm³/mol. The van der Waals surface area contributed by atoms with E-state index in [0.717, 1.165) is 32.6 Å². The fraction of sp³-hybridized carbons (Fsp3) is 0.267. The lowest BCUT2D eigenvalue weighted by Crippen LogP contribution is -1.87. The van der Waals surface area contributed by atoms with Gasteiger partial charge < -0.3 is 5.11 Å². The van der Waals surface area contributed by atoms with Crippen LogP contribution in [0.15, 0.2) is 34.6 Å². The normalized spacial score (nSPS) is 11.8. The third-order valence-electron chi connectivity index (χ3n) is 3.39. The van der Waals surface area contributed by atoms with Crippen LogP contribution in [-0.4, -0.2) is 14.9 Å². The minimum Gasteiger partial charge on any atom is -0.507 e. The van der Waals surface area contributed by atoms with Crippen LogP contribution in [-0.2, 0) is 13.5 Å². The fourth-order valence-electron chi connectivity index (χ4n) is 2.28. The SMILES string of the molecule is CCc1cc(O)c2cc(C)sc2c1/N=N/c1ccnn1C. The van der Waals surface area contributed by atoms with Crippen molar-refractivity contribution in [2.24, 2.45) is 17.3 Å². The van der Waals surface area contributed by atoms with Gasteiger partial charge in [-0.2, -0.15) is 5.10 Å². The van der Waals surface area contributed by atoms with Gasteiger partial charge in [0.1, 0.15) is 11.4 Å². The molecule has 21 heavy (non-hydrogen) atoms. The monoisotopic (exact) mass is 300 g/mol. The van der Waals surface area contributed by atoms with Crippen molar-refractivity contribution in [3.05, 3.63) is 34.8 Å². The maximum Gasteiger partial charge on any atom is 0.172 e. The molecule has 0 amide bonds. The molecule has 0 saturated heterocycles. The van der Waals surface area contributed by atoms with Gasteiger partial charge in [-0.1, -0.05) is 6.92 Å². The van der Waals surface area contributed by atoms with Gasteiger partial charge in [0.25, 0.3) is 0 Å². The predicted octanol–water partition coefficient (Wildman–Crippen LogP) is 4.63. The molecule has 0 unspecified atom stereocenters. The van der Waals surface area contributed by atoms with Crippen LogP contribution in [0.25, 0.3) is 10.1 Å². The second-order valence-electron chi connectivity index (χ2n) is 4.87. The first-order chi connectivity index (χ1) is 10.1. The molecule has 0 spiro atoms. The highest BCUT2D eigenvalue weighted by Gasteiger charge is 2.13. The minimum atomic E-state index is 0.311. The first kappa shape index (κ1) is 13.8. The summed E-state index contributed by atoms with van der Waals surface area (Å²) in [5.74, 6) is 1.01. The maximum atomic E-state index is 10.1. The highest BCUT2D eigenvalue weighted by Crippen LogP contribution is 2.42. The van der Waals surface area contributed by atoms with Crippen LogP contribution >= 0.6 is 11.3 Å². The highest BCUT2D eigenvalue weighted by molar-refractivity contribution is 7.19. The van der Waals surface area contributed by atoms with Gasteiger partial charge in [-0.25, -0.2) is 4.68 Å². The molecule has 1 N–H and O–H groups in total. The molecule has 0 fully saturated rings. The summed E-state index contributed by atoms with van der Waals surface area (Å²) in [6.07, 6.45) is 2.48. The van der Waals surface area contributed by atoms with Gasteiger partial charge in [-0.05, 0) is 31.0 Å². The topological polar surface area (TPSA) is 62.8 Å². The number of rotatable bonds is 3. The third kappa shape index (κ3) is 2.42. The molecule has 0 bridgehead atoms. The number of aromatic nitrogens is 2. The van der Waals surface area contributed by atoms with Gasteiger partial charge in [0, 0.05) is 23.4 Å². The van der Waals surface area contributed by atoms with E-state index in [1.54, 1.807) is 28.3 Å². The van der Waals surface area contributed by atoms with Crippen molar-refractivity contribution in [2.45, 2.75) is 20.3 Å². The molecule has 3 aromatic rings. The van der Waals surface area contributed by atoms with Gasteiger partial charge in [0.15, 0.2) is 5.82 Å². The zero-order valence-electron chi connectivity index (χ0n) is 12.2. The summed E-state index contributed by atoms with van der Waals surface area (Å²) in [4.78, 5) is 1.14. The van der Waals surface area contributed by atoms with E-state index in [0.29, 0.717) is 11.6 Å². The zero-order valence-corrected chi connectivity index (χ0v) is 13.0. The Morgan fingerprint density at radius 1 is 1.33 bits per heavy atom. The summed E-state index contributed by atoms with van der Waals surface area (Å²) in [6, 6.07) is 5.58. The molecular weight excluding hydrogens is 284 g/mol. The van der Waals surface area contributed by atoms with Crippen molar-refractivity contribution in [2.75, 3.05) is 0 Å². The molecular formula is C15H16N4OS. The Balaban J connectivity index is 2.18. The smallest absolute Gasteiger partial charge is 0.172 e. The molecule has 6 heteroatoms. The summed E-state index contributed by atoms with van der Waals surface area (Å²) >= 11 is 1.63. The van der Waals surface area contributed by atoms with Crippen molar-refractivity contribution < 1.29 is 5.11 Å². The molecule has 0 saturated carbocycles. The Labute approximate surface area is 126 Å². The Hall–Kier alpha value is -2.21. The Morgan fingerprint density at radius 2 is 2.14 bits per heavy atom. The third-order valence-corrected chi connectivity index (χ3v) is 4.45. The Kier molecular flexibility index (Phi) is 3.47. The van der Waals surface area contributed by atoms with E-state index in [1.165, 1.54) is 0 Å². The van der Waals surface area contributed by atoms with E-state index in [9.17, 15) is 5.11 Å². The summed E-state index contributed by atoms with van der Waals surface area (Å²) < 4.78 is 2.65. The summed E-state index contributed by atoms with van der Waals surface area (Å²) in [6.45, 7) is 4.07. The van der Waals surface area contributed by atoms with Crippen LogP contribution in [0.5, 0.6) is 5.75 Å². The van der Waals surface area contributed by atoms with E-state index in [4.69, 9.17) is 0 Å². The van der Waals surface area contributed by atoms with Crippen molar-refractivity contribution in [3.63, 3.8) is 0 Å². The number of phenolic OH excluding ortho intramolecular Hbond substituents is 1. The van der Waals surface area contributed by atoms with E-state index < -0.39 is 0 Å². The number of fused-ring (bicyclic) bond motifs is 1. The number of aromatic hydroxyl groups is 1. The molecule has 0 aliphatic rings. The average molecular weight is 300 g/mol. The molecule has 5 nitrogen and oxygen atoms in total. The second kappa shape index (κ2) is 5.29. The van der Waals surface area contributed by atoms with Crippen LogP contribution in [0.2, 0.25) is 0 Å². The summed E-state index contributed by atoms with van der Waals surface area (Å²) in [5.41, 5.74) is 1.83. The molecule has 0 atom stereocenters. The molecule has 2 heterocycles. The van der Waals surface area contributed by atoms with Crippen LogP contribution in [0.3, 0.4) is 0 Å². The van der Waals surface area contributed by atoms with Gasteiger partial charge >= 0.3 is 0 Å². The van der Waals surface area contributed by atoms with Gasteiger partial charge in [0.2, 0.25) is 0 Å². The van der Waals surface area contributed by atoms with E-state index in [2.05, 4.69) is 15.3 Å². The molecule has 1 aromatic carbocycles. The van der Waals surface area contributed by atoms with Gasteiger partial charge in [0.05, 0.1) is 10.9 Å². The molecule has 2 aromatic heterocycles. The molecule has 108 valence electrons. The van der Waals surface area contributed by atoms with E-state index in [-0.39, 0.29) is 0 Å². The number of thiophene rings is 1.